The molecule has 3 nitrogen and oxygen atoms in total. The number of anilines is 1. The number of hydrogen-bond donors (Lipinski definition) is 1. The van der Waals surface area contributed by atoms with Gasteiger partial charge in [-0.25, -0.2) is 0 Å². The van der Waals surface area contributed by atoms with Crippen molar-refractivity contribution < 1.29 is 4.42 Å². The number of benzene rings is 1. The van der Waals surface area contributed by atoms with Gasteiger partial charge in [0.05, 0.1) is 0 Å². The molecule has 1 heterocycles. The predicted molar refractivity (Wildman–Crippen MR) is 55.5 cm³/mol. The summed E-state index contributed by atoms with van der Waals surface area (Å²) in [4.78, 5) is 4.06. The van der Waals surface area contributed by atoms with Gasteiger partial charge in [-0.05, 0) is 24.1 Å². The molecule has 0 spiro atoms. The van der Waals surface area contributed by atoms with Crippen LogP contribution in [-0.4, -0.2) is 4.98 Å². The zero-order chi connectivity index (χ0) is 9.42. The summed E-state index contributed by atoms with van der Waals surface area (Å²) < 4.78 is 6.30. The molecule has 0 bridgehead atoms. The number of hydrogen-bond acceptors (Lipinski definition) is 3. The van der Waals surface area contributed by atoms with Crippen LogP contribution < -0.4 is 5.73 Å². The van der Waals surface area contributed by atoms with Crippen LogP contribution in [0.5, 0.6) is 0 Å². The molecule has 1 aromatic carbocycles. The third kappa shape index (κ3) is 1.42. The fourth-order valence-corrected chi connectivity index (χ4v) is 1.84. The Morgan fingerprint density at radius 1 is 1.54 bits per heavy atom. The minimum Gasteiger partial charge on any atom is -0.423 e. The van der Waals surface area contributed by atoms with Gasteiger partial charge in [-0.2, -0.15) is 4.98 Å². The molecule has 2 rings (SSSR count). The standard InChI is InChI=1S/C9H9BrN2O/c1-2-5-3-6(10)4-7-8(5)13-9(11)12-7/h3-4H,2H2,1H3,(H2,11,12). The molecule has 0 saturated heterocycles. The monoisotopic (exact) mass is 240 g/mol. The van der Waals surface area contributed by atoms with E-state index in [1.165, 1.54) is 0 Å². The van der Waals surface area contributed by atoms with E-state index in [0.29, 0.717) is 0 Å². The van der Waals surface area contributed by atoms with E-state index in [-0.39, 0.29) is 6.01 Å². The van der Waals surface area contributed by atoms with Crippen LogP contribution >= 0.6 is 15.9 Å². The fourth-order valence-electron chi connectivity index (χ4n) is 1.34. The highest BCUT2D eigenvalue weighted by Crippen LogP contribution is 2.26. The van der Waals surface area contributed by atoms with Gasteiger partial charge in [0.1, 0.15) is 5.52 Å². The number of halogens is 1. The molecule has 13 heavy (non-hydrogen) atoms. The summed E-state index contributed by atoms with van der Waals surface area (Å²) in [5.41, 5.74) is 8.19. The molecule has 0 aliphatic heterocycles. The number of oxazole rings is 1. The second-order valence-electron chi connectivity index (χ2n) is 2.82. The van der Waals surface area contributed by atoms with Crippen molar-refractivity contribution >= 4 is 33.0 Å². The summed E-state index contributed by atoms with van der Waals surface area (Å²) in [6.45, 7) is 2.07. The summed E-state index contributed by atoms with van der Waals surface area (Å²) in [6, 6.07) is 4.14. The molecule has 0 saturated carbocycles. The summed E-state index contributed by atoms with van der Waals surface area (Å²) in [6.07, 6.45) is 0.907. The van der Waals surface area contributed by atoms with E-state index >= 15 is 0 Å². The summed E-state index contributed by atoms with van der Waals surface area (Å²) >= 11 is 3.41. The first kappa shape index (κ1) is 8.56. The molecule has 4 heteroatoms. The van der Waals surface area contributed by atoms with E-state index < -0.39 is 0 Å². The van der Waals surface area contributed by atoms with Crippen molar-refractivity contribution in [2.45, 2.75) is 13.3 Å². The van der Waals surface area contributed by atoms with Crippen molar-refractivity contribution in [1.82, 2.24) is 4.98 Å². The third-order valence-electron chi connectivity index (χ3n) is 1.93. The minimum absolute atomic E-state index is 0.225. The Morgan fingerprint density at radius 2 is 2.31 bits per heavy atom. The number of nitrogens with two attached hydrogens (primary N) is 1. The van der Waals surface area contributed by atoms with Gasteiger partial charge in [0, 0.05) is 4.47 Å². The van der Waals surface area contributed by atoms with Crippen LogP contribution in [0.2, 0.25) is 0 Å². The van der Waals surface area contributed by atoms with Crippen molar-refractivity contribution in [3.63, 3.8) is 0 Å². The van der Waals surface area contributed by atoms with E-state index in [0.717, 1.165) is 27.6 Å². The van der Waals surface area contributed by atoms with Crippen LogP contribution in [-0.2, 0) is 6.42 Å². The highest BCUT2D eigenvalue weighted by molar-refractivity contribution is 9.10. The quantitative estimate of drug-likeness (QED) is 0.835. The van der Waals surface area contributed by atoms with Crippen molar-refractivity contribution in [2.24, 2.45) is 0 Å². The molecule has 0 atom stereocenters. The summed E-state index contributed by atoms with van der Waals surface area (Å²) in [5.74, 6) is 0. The van der Waals surface area contributed by atoms with Gasteiger partial charge in [0.2, 0.25) is 0 Å². The van der Waals surface area contributed by atoms with Gasteiger partial charge in [0.15, 0.2) is 5.58 Å². The lowest BCUT2D eigenvalue weighted by molar-refractivity contribution is 0.622. The summed E-state index contributed by atoms with van der Waals surface area (Å²) in [5, 5.41) is 0. The first-order chi connectivity index (χ1) is 6.20. The van der Waals surface area contributed by atoms with Crippen LogP contribution in [0.15, 0.2) is 21.0 Å². The molecule has 1 aromatic heterocycles. The zero-order valence-corrected chi connectivity index (χ0v) is 8.76. The maximum Gasteiger partial charge on any atom is 0.292 e. The third-order valence-corrected chi connectivity index (χ3v) is 2.39. The molecule has 0 fully saturated rings. The van der Waals surface area contributed by atoms with Gasteiger partial charge in [-0.1, -0.05) is 22.9 Å². The van der Waals surface area contributed by atoms with E-state index in [2.05, 4.69) is 27.8 Å². The van der Waals surface area contributed by atoms with Crippen LogP contribution in [0.1, 0.15) is 12.5 Å². The van der Waals surface area contributed by atoms with E-state index in [9.17, 15) is 0 Å². The number of fused-ring (bicyclic) bond motifs is 1. The zero-order valence-electron chi connectivity index (χ0n) is 7.17. The van der Waals surface area contributed by atoms with Gasteiger partial charge in [-0.3, -0.25) is 0 Å². The Balaban J connectivity index is 2.80. The minimum atomic E-state index is 0.225. The molecule has 68 valence electrons. The fraction of sp³-hybridized carbons (Fsp3) is 0.222. The Labute approximate surface area is 84.1 Å². The largest absolute Gasteiger partial charge is 0.423 e. The van der Waals surface area contributed by atoms with Gasteiger partial charge >= 0.3 is 0 Å². The number of rotatable bonds is 1. The van der Waals surface area contributed by atoms with Crippen molar-refractivity contribution in [3.8, 4) is 0 Å². The molecule has 0 aliphatic carbocycles. The number of nitrogens with zero attached hydrogens (tertiary/aromatic N) is 1. The van der Waals surface area contributed by atoms with Crippen LogP contribution in [0.25, 0.3) is 11.1 Å². The smallest absolute Gasteiger partial charge is 0.292 e. The second-order valence-corrected chi connectivity index (χ2v) is 3.73. The van der Waals surface area contributed by atoms with Crippen LogP contribution in [0, 0.1) is 0 Å². The van der Waals surface area contributed by atoms with Gasteiger partial charge < -0.3 is 10.2 Å². The Hall–Kier alpha value is -1.03. The summed E-state index contributed by atoms with van der Waals surface area (Å²) in [7, 11) is 0. The molecule has 2 aromatic rings. The van der Waals surface area contributed by atoms with Crippen LogP contribution in [0.3, 0.4) is 0 Å². The lowest BCUT2D eigenvalue weighted by Gasteiger charge is -1.97. The molecule has 2 N–H and O–H groups in total. The highest BCUT2D eigenvalue weighted by atomic mass is 79.9. The lowest BCUT2D eigenvalue weighted by Crippen LogP contribution is -1.81. The number of aromatic nitrogens is 1. The first-order valence-electron chi connectivity index (χ1n) is 4.05. The molecule has 0 amide bonds. The van der Waals surface area contributed by atoms with Crippen molar-refractivity contribution in [2.75, 3.05) is 5.73 Å². The number of aryl methyl sites for hydroxylation is 1. The SMILES string of the molecule is CCc1cc(Br)cc2nc(N)oc12. The predicted octanol–water partition coefficient (Wildman–Crippen LogP) is 2.73. The second kappa shape index (κ2) is 3.03. The highest BCUT2D eigenvalue weighted by Gasteiger charge is 2.07. The Bertz CT molecular complexity index is 450. The average Bonchev–Trinajstić information content (AvgIpc) is 2.43. The average molecular weight is 241 g/mol. The normalized spacial score (nSPS) is 10.9. The van der Waals surface area contributed by atoms with E-state index in [4.69, 9.17) is 10.2 Å². The molecule has 0 aliphatic rings. The van der Waals surface area contributed by atoms with Gasteiger partial charge in [0.25, 0.3) is 6.01 Å². The maximum absolute atomic E-state index is 5.47. The van der Waals surface area contributed by atoms with Crippen LogP contribution in [0.4, 0.5) is 6.01 Å². The van der Waals surface area contributed by atoms with E-state index in [1.807, 2.05) is 12.1 Å². The maximum atomic E-state index is 5.47. The molecular formula is C9H9BrN2O. The Kier molecular flexibility index (Phi) is 2.00. The van der Waals surface area contributed by atoms with Gasteiger partial charge in [-0.15, -0.1) is 0 Å². The Morgan fingerprint density at radius 3 is 3.00 bits per heavy atom. The van der Waals surface area contributed by atoms with Crippen molar-refractivity contribution in [1.29, 1.82) is 0 Å². The molecule has 0 unspecified atom stereocenters. The lowest BCUT2D eigenvalue weighted by atomic mass is 10.1. The first-order valence-corrected chi connectivity index (χ1v) is 4.84. The number of nitrogen functional groups attached to an aromatic ring is 1. The van der Waals surface area contributed by atoms with E-state index in [1.54, 1.807) is 0 Å². The van der Waals surface area contributed by atoms with Crippen molar-refractivity contribution in [3.05, 3.63) is 22.2 Å². The molecular weight excluding hydrogens is 232 g/mol. The topological polar surface area (TPSA) is 52.0 Å². The molecule has 0 radical (unpaired) electrons.